The van der Waals surface area contributed by atoms with Crippen molar-refractivity contribution < 1.29 is 4.74 Å². The van der Waals surface area contributed by atoms with Crippen LogP contribution >= 0.6 is 34.8 Å². The zero-order valence-electron chi connectivity index (χ0n) is 13.7. The molecule has 0 radical (unpaired) electrons. The normalized spacial score (nSPS) is 11.3. The SMILES string of the molecule is CN=C(NCCOc1c(Cl)cc(Cl)cc1Cl)NCCc1cccnc1. The van der Waals surface area contributed by atoms with E-state index in [2.05, 4.69) is 20.6 Å². The highest BCUT2D eigenvalue weighted by atomic mass is 35.5. The maximum Gasteiger partial charge on any atom is 0.191 e. The maximum absolute atomic E-state index is 6.07. The first-order valence-electron chi connectivity index (χ1n) is 7.71. The van der Waals surface area contributed by atoms with E-state index in [9.17, 15) is 0 Å². The molecule has 2 N–H and O–H groups in total. The average molecular weight is 402 g/mol. The standard InChI is InChI=1S/C17H19Cl3N4O/c1-21-17(23-6-4-12-3-2-5-22-11-12)24-7-8-25-16-14(19)9-13(18)10-15(16)20/h2-3,5,9-11H,4,6-8H2,1H3,(H2,21,23,24). The molecule has 0 aliphatic rings. The molecule has 5 nitrogen and oxygen atoms in total. The van der Waals surface area contributed by atoms with Crippen molar-refractivity contribution >= 4 is 40.8 Å². The molecule has 0 fully saturated rings. The van der Waals surface area contributed by atoms with E-state index in [1.165, 1.54) is 5.56 Å². The van der Waals surface area contributed by atoms with Crippen LogP contribution in [0.4, 0.5) is 0 Å². The Bertz CT molecular complexity index is 687. The number of hydrogen-bond acceptors (Lipinski definition) is 3. The van der Waals surface area contributed by atoms with E-state index in [1.54, 1.807) is 25.4 Å². The minimum absolute atomic E-state index is 0.379. The van der Waals surface area contributed by atoms with Crippen molar-refractivity contribution in [2.24, 2.45) is 4.99 Å². The summed E-state index contributed by atoms with van der Waals surface area (Å²) in [6, 6.07) is 7.15. The Morgan fingerprint density at radius 2 is 1.88 bits per heavy atom. The van der Waals surface area contributed by atoms with Crippen LogP contribution in [0.2, 0.25) is 15.1 Å². The number of ether oxygens (including phenoxy) is 1. The lowest BCUT2D eigenvalue weighted by Gasteiger charge is -2.13. The van der Waals surface area contributed by atoms with Crippen molar-refractivity contribution in [3.05, 3.63) is 57.3 Å². The summed E-state index contributed by atoms with van der Waals surface area (Å²) < 4.78 is 5.62. The summed E-state index contributed by atoms with van der Waals surface area (Å²) in [6.45, 7) is 1.67. The van der Waals surface area contributed by atoms with E-state index >= 15 is 0 Å². The van der Waals surface area contributed by atoms with Gasteiger partial charge in [-0.25, -0.2) is 0 Å². The molecule has 0 unspecified atom stereocenters. The molecule has 0 spiro atoms. The van der Waals surface area contributed by atoms with Gasteiger partial charge in [0, 0.05) is 31.0 Å². The fourth-order valence-electron chi connectivity index (χ4n) is 2.08. The first-order chi connectivity index (χ1) is 12.1. The van der Waals surface area contributed by atoms with Gasteiger partial charge in [0.15, 0.2) is 11.7 Å². The monoisotopic (exact) mass is 400 g/mol. The number of guanidine groups is 1. The molecule has 2 rings (SSSR count). The lowest BCUT2D eigenvalue weighted by Crippen LogP contribution is -2.40. The highest BCUT2D eigenvalue weighted by Crippen LogP contribution is 2.35. The third kappa shape index (κ3) is 6.61. The van der Waals surface area contributed by atoms with Gasteiger partial charge in [0.2, 0.25) is 0 Å². The lowest BCUT2D eigenvalue weighted by atomic mass is 10.2. The number of rotatable bonds is 7. The molecule has 0 aliphatic carbocycles. The number of aliphatic imine (C=N–C) groups is 1. The highest BCUT2D eigenvalue weighted by molar-refractivity contribution is 6.40. The third-order valence-corrected chi connectivity index (χ3v) is 4.04. The molecule has 1 aromatic carbocycles. The lowest BCUT2D eigenvalue weighted by molar-refractivity contribution is 0.322. The molecule has 1 heterocycles. The molecule has 0 saturated carbocycles. The Morgan fingerprint density at radius 1 is 1.16 bits per heavy atom. The molecule has 134 valence electrons. The van der Waals surface area contributed by atoms with Crippen molar-refractivity contribution in [2.75, 3.05) is 26.7 Å². The molecule has 0 amide bonds. The molecule has 1 aromatic heterocycles. The summed E-state index contributed by atoms with van der Waals surface area (Å²) in [5.74, 6) is 1.12. The van der Waals surface area contributed by atoms with Crippen LogP contribution in [0.3, 0.4) is 0 Å². The molecular weight excluding hydrogens is 383 g/mol. The zero-order valence-corrected chi connectivity index (χ0v) is 16.0. The predicted molar refractivity (Wildman–Crippen MR) is 104 cm³/mol. The molecule has 0 saturated heterocycles. The average Bonchev–Trinajstić information content (AvgIpc) is 2.59. The van der Waals surface area contributed by atoms with Crippen molar-refractivity contribution in [1.29, 1.82) is 0 Å². The quantitative estimate of drug-likeness (QED) is 0.420. The summed E-state index contributed by atoms with van der Waals surface area (Å²) in [4.78, 5) is 8.26. The van der Waals surface area contributed by atoms with Gasteiger partial charge in [-0.1, -0.05) is 40.9 Å². The molecule has 2 aromatic rings. The first kappa shape index (κ1) is 19.6. The minimum Gasteiger partial charge on any atom is -0.489 e. The van der Waals surface area contributed by atoms with Crippen LogP contribution in [0, 0.1) is 0 Å². The van der Waals surface area contributed by atoms with Gasteiger partial charge < -0.3 is 15.4 Å². The second kappa shape index (κ2) is 10.3. The van der Waals surface area contributed by atoms with Gasteiger partial charge in [-0.2, -0.15) is 0 Å². The van der Waals surface area contributed by atoms with Gasteiger partial charge in [-0.05, 0) is 30.2 Å². The topological polar surface area (TPSA) is 58.5 Å². The number of nitrogens with zero attached hydrogens (tertiary/aromatic N) is 2. The van der Waals surface area contributed by atoms with Crippen LogP contribution in [0.5, 0.6) is 5.75 Å². The molecule has 8 heteroatoms. The van der Waals surface area contributed by atoms with Crippen molar-refractivity contribution in [1.82, 2.24) is 15.6 Å². The van der Waals surface area contributed by atoms with Crippen LogP contribution < -0.4 is 15.4 Å². The maximum atomic E-state index is 6.07. The van der Waals surface area contributed by atoms with E-state index in [0.29, 0.717) is 39.9 Å². The number of pyridine rings is 1. The smallest absolute Gasteiger partial charge is 0.191 e. The second-order valence-corrected chi connectivity index (χ2v) is 6.33. The van der Waals surface area contributed by atoms with Gasteiger partial charge in [-0.15, -0.1) is 0 Å². The number of hydrogen-bond donors (Lipinski definition) is 2. The van der Waals surface area contributed by atoms with E-state index < -0.39 is 0 Å². The van der Waals surface area contributed by atoms with E-state index in [4.69, 9.17) is 39.5 Å². The predicted octanol–water partition coefficient (Wildman–Crippen LogP) is 3.83. The van der Waals surface area contributed by atoms with Crippen molar-refractivity contribution in [3.63, 3.8) is 0 Å². The van der Waals surface area contributed by atoms with E-state index in [-0.39, 0.29) is 0 Å². The van der Waals surface area contributed by atoms with Crippen LogP contribution in [0.15, 0.2) is 41.7 Å². The highest BCUT2D eigenvalue weighted by Gasteiger charge is 2.09. The zero-order chi connectivity index (χ0) is 18.1. The fraction of sp³-hybridized carbons (Fsp3) is 0.294. The van der Waals surface area contributed by atoms with Crippen LogP contribution in [0.25, 0.3) is 0 Å². The Kier molecular flexibility index (Phi) is 8.12. The molecule has 0 bridgehead atoms. The van der Waals surface area contributed by atoms with Crippen molar-refractivity contribution in [2.45, 2.75) is 6.42 Å². The molecule has 0 aliphatic heterocycles. The summed E-state index contributed by atoms with van der Waals surface area (Å²) in [5.41, 5.74) is 1.17. The second-order valence-electron chi connectivity index (χ2n) is 5.08. The van der Waals surface area contributed by atoms with Gasteiger partial charge in [0.25, 0.3) is 0 Å². The molecule has 25 heavy (non-hydrogen) atoms. The molecular formula is C17H19Cl3N4O. The van der Waals surface area contributed by atoms with Gasteiger partial charge in [0.1, 0.15) is 6.61 Å². The Balaban J connectivity index is 1.71. The van der Waals surface area contributed by atoms with Gasteiger partial charge in [0.05, 0.1) is 16.6 Å². The summed E-state index contributed by atoms with van der Waals surface area (Å²) in [7, 11) is 1.72. The Hall–Kier alpha value is -1.69. The minimum atomic E-state index is 0.379. The Labute approximate surface area is 162 Å². The van der Waals surface area contributed by atoms with Crippen LogP contribution in [0.1, 0.15) is 5.56 Å². The largest absolute Gasteiger partial charge is 0.489 e. The number of halogens is 3. The Morgan fingerprint density at radius 3 is 2.52 bits per heavy atom. The summed E-state index contributed by atoms with van der Waals surface area (Å²) in [6.07, 6.45) is 4.48. The van der Waals surface area contributed by atoms with Crippen LogP contribution in [-0.4, -0.2) is 37.7 Å². The third-order valence-electron chi connectivity index (χ3n) is 3.26. The summed E-state index contributed by atoms with van der Waals surface area (Å²) >= 11 is 18.0. The van der Waals surface area contributed by atoms with E-state index in [0.717, 1.165) is 13.0 Å². The van der Waals surface area contributed by atoms with Gasteiger partial charge >= 0.3 is 0 Å². The number of nitrogens with one attached hydrogen (secondary N) is 2. The van der Waals surface area contributed by atoms with Crippen molar-refractivity contribution in [3.8, 4) is 5.75 Å². The number of benzene rings is 1. The van der Waals surface area contributed by atoms with E-state index in [1.807, 2.05) is 18.3 Å². The number of aromatic nitrogens is 1. The molecule has 0 atom stereocenters. The fourth-order valence-corrected chi connectivity index (χ4v) is 3.01. The summed E-state index contributed by atoms with van der Waals surface area (Å²) in [5, 5.41) is 7.64. The van der Waals surface area contributed by atoms with Crippen LogP contribution in [-0.2, 0) is 6.42 Å². The van der Waals surface area contributed by atoms with Gasteiger partial charge in [-0.3, -0.25) is 9.98 Å². The first-order valence-corrected chi connectivity index (χ1v) is 8.84.